The molecule has 0 rings (SSSR count). The van der Waals surface area contributed by atoms with Gasteiger partial charge in [0.05, 0.1) is 5.94 Å². The molecule has 0 heterocycles. The number of carbonyl (C=O) groups is 2. The van der Waals surface area contributed by atoms with E-state index in [4.69, 9.17) is 5.73 Å². The van der Waals surface area contributed by atoms with Crippen molar-refractivity contribution in [3.8, 4) is 0 Å². The minimum absolute atomic E-state index is 0.0726. The predicted octanol–water partition coefficient (Wildman–Crippen LogP) is 9.50. The zero-order valence-electron chi connectivity index (χ0n) is 27.9. The molecule has 41 heavy (non-hydrogen) atoms. The van der Waals surface area contributed by atoms with Gasteiger partial charge in [-0.1, -0.05) is 181 Å². The molecule has 1 atom stereocenters. The summed E-state index contributed by atoms with van der Waals surface area (Å²) >= 11 is 0. The van der Waals surface area contributed by atoms with Gasteiger partial charge in [0.25, 0.3) is 7.28 Å². The average molecular weight is 578 g/mol. The standard InChI is InChI=1S/C35H72BN3O2/c1-3-5-7-9-11-13-15-17-19-21-23-25-27-29-31-38-34(40)33(37)36-35(41)39-32-30-28-26-24-22-20-18-16-14-12-10-8-6-4-2/h33,36H,3-32,37H2,1-2H3,(H,38,40)(H,39,41)/t33-/m1/s1. The number of nitrogens with two attached hydrogens (primary N) is 1. The van der Waals surface area contributed by atoms with Crippen molar-refractivity contribution in [1.82, 2.24) is 10.6 Å². The summed E-state index contributed by atoms with van der Waals surface area (Å²) in [4.78, 5) is 24.3. The lowest BCUT2D eigenvalue weighted by Gasteiger charge is -2.11. The highest BCUT2D eigenvalue weighted by Gasteiger charge is 2.19. The van der Waals surface area contributed by atoms with E-state index in [1.807, 2.05) is 0 Å². The molecular formula is C35H72BN3O2. The fraction of sp³-hybridized carbons (Fsp3) is 0.943. The van der Waals surface area contributed by atoms with E-state index in [1.165, 1.54) is 154 Å². The van der Waals surface area contributed by atoms with E-state index in [2.05, 4.69) is 24.5 Å². The van der Waals surface area contributed by atoms with Crippen LogP contribution in [0.25, 0.3) is 0 Å². The maximum atomic E-state index is 12.2. The highest BCUT2D eigenvalue weighted by molar-refractivity contribution is 6.77. The number of unbranched alkanes of at least 4 members (excludes halogenated alkanes) is 26. The highest BCUT2D eigenvalue weighted by atomic mass is 16.2. The summed E-state index contributed by atoms with van der Waals surface area (Å²) in [6.45, 7) is 5.89. The van der Waals surface area contributed by atoms with E-state index in [0.29, 0.717) is 13.1 Å². The van der Waals surface area contributed by atoms with E-state index < -0.39 is 5.94 Å². The molecule has 0 unspecified atom stereocenters. The maximum absolute atomic E-state index is 12.2. The second kappa shape index (κ2) is 33.5. The van der Waals surface area contributed by atoms with Gasteiger partial charge >= 0.3 is 0 Å². The Morgan fingerprint density at radius 1 is 0.463 bits per heavy atom. The van der Waals surface area contributed by atoms with Crippen LogP contribution in [0.2, 0.25) is 0 Å². The summed E-state index contributed by atoms with van der Waals surface area (Å²) in [6.07, 6.45) is 37.1. The van der Waals surface area contributed by atoms with Crippen molar-refractivity contribution in [3.63, 3.8) is 0 Å². The molecule has 0 aliphatic carbocycles. The van der Waals surface area contributed by atoms with Crippen molar-refractivity contribution in [1.29, 1.82) is 0 Å². The van der Waals surface area contributed by atoms with E-state index in [9.17, 15) is 9.59 Å². The first-order valence-corrected chi connectivity index (χ1v) is 18.4. The van der Waals surface area contributed by atoms with Crippen molar-refractivity contribution in [2.75, 3.05) is 13.1 Å². The number of carbonyl (C=O) groups excluding carboxylic acids is 2. The van der Waals surface area contributed by atoms with Crippen LogP contribution < -0.4 is 16.4 Å². The minimum atomic E-state index is -0.752. The monoisotopic (exact) mass is 578 g/mol. The largest absolute Gasteiger partial charge is 0.365 e. The topological polar surface area (TPSA) is 84.2 Å². The molecule has 0 aromatic carbocycles. The van der Waals surface area contributed by atoms with Gasteiger partial charge in [0.1, 0.15) is 0 Å². The molecule has 0 aliphatic rings. The summed E-state index contributed by atoms with van der Waals surface area (Å²) in [6, 6.07) is 0. The molecule has 0 fully saturated rings. The third-order valence-electron chi connectivity index (χ3n) is 8.42. The Kier molecular flexibility index (Phi) is 32.6. The van der Waals surface area contributed by atoms with E-state index >= 15 is 0 Å². The predicted molar refractivity (Wildman–Crippen MR) is 182 cm³/mol. The number of nitrogens with one attached hydrogen (secondary N) is 2. The van der Waals surface area contributed by atoms with Gasteiger partial charge in [0.15, 0.2) is 5.81 Å². The molecule has 0 saturated carbocycles. The number of amides is 2. The van der Waals surface area contributed by atoms with Crippen molar-refractivity contribution in [2.24, 2.45) is 5.73 Å². The molecule has 0 spiro atoms. The lowest BCUT2D eigenvalue weighted by atomic mass is 9.68. The second-order valence-electron chi connectivity index (χ2n) is 12.6. The fourth-order valence-electron chi connectivity index (χ4n) is 5.57. The Morgan fingerprint density at radius 3 is 1.05 bits per heavy atom. The number of hydrogen-bond donors (Lipinski definition) is 3. The van der Waals surface area contributed by atoms with Crippen LogP contribution in [-0.2, 0) is 4.79 Å². The van der Waals surface area contributed by atoms with Crippen LogP contribution in [0.5, 0.6) is 0 Å². The van der Waals surface area contributed by atoms with Crippen LogP contribution in [0.4, 0.5) is 4.79 Å². The average Bonchev–Trinajstić information content (AvgIpc) is 2.96. The first kappa shape index (κ1) is 40.0. The van der Waals surface area contributed by atoms with Gasteiger partial charge in [0, 0.05) is 13.1 Å². The van der Waals surface area contributed by atoms with Crippen molar-refractivity contribution >= 4 is 19.0 Å². The van der Waals surface area contributed by atoms with E-state index in [1.54, 1.807) is 0 Å². The normalized spacial score (nSPS) is 11.9. The summed E-state index contributed by atoms with van der Waals surface area (Å²) in [5.74, 6) is -1.07. The Labute approximate surface area is 257 Å². The van der Waals surface area contributed by atoms with Crippen LogP contribution in [0.1, 0.15) is 194 Å². The van der Waals surface area contributed by atoms with Crippen molar-refractivity contribution in [2.45, 2.75) is 200 Å². The molecular weight excluding hydrogens is 505 g/mol. The van der Waals surface area contributed by atoms with Crippen LogP contribution in [0, 0.1) is 0 Å². The Balaban J connectivity index is 3.40. The zero-order chi connectivity index (χ0) is 30.1. The lowest BCUT2D eigenvalue weighted by Crippen LogP contribution is -2.49. The molecule has 0 saturated heterocycles. The maximum Gasteiger partial charge on any atom is 0.263 e. The molecule has 0 radical (unpaired) electrons. The first-order valence-electron chi connectivity index (χ1n) is 18.4. The van der Waals surface area contributed by atoms with Crippen LogP contribution in [0.15, 0.2) is 0 Å². The van der Waals surface area contributed by atoms with Crippen molar-refractivity contribution in [3.05, 3.63) is 0 Å². The molecule has 0 aromatic heterocycles. The molecule has 6 heteroatoms. The molecule has 5 nitrogen and oxygen atoms in total. The van der Waals surface area contributed by atoms with Gasteiger partial charge in [-0.2, -0.15) is 0 Å². The van der Waals surface area contributed by atoms with Gasteiger partial charge < -0.3 is 16.4 Å². The quantitative estimate of drug-likeness (QED) is 0.0536. The summed E-state index contributed by atoms with van der Waals surface area (Å²) in [5.41, 5.74) is 5.96. The molecule has 4 N–H and O–H groups in total. The van der Waals surface area contributed by atoms with Gasteiger partial charge in [0.2, 0.25) is 5.91 Å². The zero-order valence-corrected chi connectivity index (χ0v) is 27.9. The van der Waals surface area contributed by atoms with Crippen LogP contribution in [-0.4, -0.2) is 38.0 Å². The smallest absolute Gasteiger partial charge is 0.263 e. The SMILES string of the molecule is CCCCCCCCCCCCCCCCNC(=O)B[C@H](N)C(=O)NCCCCCCCCCCCCCCCC. The molecule has 0 aromatic rings. The number of rotatable bonds is 33. The van der Waals surface area contributed by atoms with E-state index in [0.717, 1.165) is 25.7 Å². The first-order chi connectivity index (χ1) is 20.1. The lowest BCUT2D eigenvalue weighted by molar-refractivity contribution is -0.120. The van der Waals surface area contributed by atoms with Gasteiger partial charge in [-0.15, -0.1) is 0 Å². The summed E-state index contributed by atoms with van der Waals surface area (Å²) in [7, 11) is 0.0726. The minimum Gasteiger partial charge on any atom is -0.365 e. The number of hydrogen-bond acceptors (Lipinski definition) is 3. The molecule has 0 aliphatic heterocycles. The van der Waals surface area contributed by atoms with Crippen LogP contribution >= 0.6 is 0 Å². The third kappa shape index (κ3) is 31.7. The Hall–Kier alpha value is -1.04. The fourth-order valence-corrected chi connectivity index (χ4v) is 5.57. The summed E-state index contributed by atoms with van der Waals surface area (Å²) < 4.78 is 0. The van der Waals surface area contributed by atoms with Gasteiger partial charge in [-0.25, -0.2) is 0 Å². The van der Waals surface area contributed by atoms with E-state index in [-0.39, 0.29) is 19.0 Å². The highest BCUT2D eigenvalue weighted by Crippen LogP contribution is 2.14. The summed E-state index contributed by atoms with van der Waals surface area (Å²) in [5, 5.41) is 5.84. The van der Waals surface area contributed by atoms with Gasteiger partial charge in [-0.3, -0.25) is 9.59 Å². The molecule has 0 bridgehead atoms. The third-order valence-corrected chi connectivity index (χ3v) is 8.42. The Morgan fingerprint density at radius 2 is 0.732 bits per heavy atom. The second-order valence-corrected chi connectivity index (χ2v) is 12.6. The van der Waals surface area contributed by atoms with Gasteiger partial charge in [-0.05, 0) is 12.8 Å². The molecule has 2 amide bonds. The molecule has 242 valence electrons. The van der Waals surface area contributed by atoms with Crippen molar-refractivity contribution < 1.29 is 9.59 Å². The Bertz CT molecular complexity index is 562. The van der Waals surface area contributed by atoms with Crippen LogP contribution in [0.3, 0.4) is 0 Å².